The highest BCUT2D eigenvalue weighted by atomic mass is 19.4. The number of likely N-dealkylation sites (tertiary alicyclic amines) is 1. The van der Waals surface area contributed by atoms with Gasteiger partial charge in [0.05, 0.1) is 29.9 Å². The standard InChI is InChI=1S/C30H31F6NO4/c1-16-5-3-4-6-24(16)27-25(8-7-18-13-37(28(39)26(18)27)22-12-23(38)15-40-14-22)41-17(2)19-9-20(29(31,32)33)11-21(10-19)30(34,35)36/h3-6,9-12,17-18,25-28,39H,7-8,13-15H2,1-2H3/t17-,18-,25+,26-,27-,28?/m1/s1. The van der Waals surface area contributed by atoms with Gasteiger partial charge in [0, 0.05) is 30.2 Å². The summed E-state index contributed by atoms with van der Waals surface area (Å²) >= 11 is 0. The minimum atomic E-state index is -4.96. The summed E-state index contributed by atoms with van der Waals surface area (Å²) in [5.41, 5.74) is -0.604. The zero-order chi connectivity index (χ0) is 29.7. The molecule has 6 atom stereocenters. The first-order chi connectivity index (χ1) is 19.2. The van der Waals surface area contributed by atoms with Gasteiger partial charge in [-0.1, -0.05) is 24.3 Å². The summed E-state index contributed by atoms with van der Waals surface area (Å²) in [6.07, 6.45) is -10.0. The van der Waals surface area contributed by atoms with Gasteiger partial charge in [0.1, 0.15) is 12.8 Å². The fourth-order valence-electron chi connectivity index (χ4n) is 6.56. The summed E-state index contributed by atoms with van der Waals surface area (Å²) in [5.74, 6) is -0.926. The number of benzene rings is 2. The lowest BCUT2D eigenvalue weighted by molar-refractivity contribution is -0.143. The maximum absolute atomic E-state index is 13.5. The molecule has 1 saturated carbocycles. The van der Waals surface area contributed by atoms with E-state index in [1.807, 2.05) is 31.2 Å². The number of hydrogen-bond acceptors (Lipinski definition) is 5. The number of nitrogens with zero attached hydrogens (tertiary/aromatic N) is 1. The third-order valence-electron chi connectivity index (χ3n) is 8.47. The SMILES string of the molecule is Cc1ccccc1[C@H]1[C@@H]2C(O)N(C3=CC(=O)COC3)C[C@H]2CC[C@@H]1O[C@H](C)c1cc(C(F)(F)F)cc(C(F)(F)F)c1. The number of carbonyl (C=O) groups excluding carboxylic acids is 1. The number of alkyl halides is 6. The van der Waals surface area contributed by atoms with Crippen molar-refractivity contribution in [2.75, 3.05) is 19.8 Å². The van der Waals surface area contributed by atoms with Crippen LogP contribution in [0.4, 0.5) is 26.3 Å². The molecule has 3 aliphatic rings. The Morgan fingerprint density at radius 2 is 1.66 bits per heavy atom. The van der Waals surface area contributed by atoms with Crippen LogP contribution in [0.15, 0.2) is 54.2 Å². The van der Waals surface area contributed by atoms with Crippen LogP contribution in [0.2, 0.25) is 0 Å². The van der Waals surface area contributed by atoms with Crippen molar-refractivity contribution in [3.8, 4) is 0 Å². The topological polar surface area (TPSA) is 59.0 Å². The number of ketones is 1. The van der Waals surface area contributed by atoms with E-state index in [1.54, 1.807) is 4.90 Å². The van der Waals surface area contributed by atoms with Crippen molar-refractivity contribution < 1.29 is 45.7 Å². The minimum Gasteiger partial charge on any atom is -0.373 e. The van der Waals surface area contributed by atoms with E-state index in [9.17, 15) is 36.2 Å². The second-order valence-corrected chi connectivity index (χ2v) is 11.1. The smallest absolute Gasteiger partial charge is 0.373 e. The highest BCUT2D eigenvalue weighted by Crippen LogP contribution is 2.51. The Labute approximate surface area is 233 Å². The van der Waals surface area contributed by atoms with Crippen LogP contribution in [0.5, 0.6) is 0 Å². The van der Waals surface area contributed by atoms with Crippen LogP contribution >= 0.6 is 0 Å². The van der Waals surface area contributed by atoms with Crippen molar-refractivity contribution in [2.45, 2.75) is 63.4 Å². The Kier molecular flexibility index (Phi) is 7.99. The van der Waals surface area contributed by atoms with Gasteiger partial charge in [-0.05, 0) is 67.5 Å². The molecule has 0 spiro atoms. The summed E-state index contributed by atoms with van der Waals surface area (Å²) < 4.78 is 92.8. The van der Waals surface area contributed by atoms with Gasteiger partial charge in [0.2, 0.25) is 0 Å². The zero-order valence-corrected chi connectivity index (χ0v) is 22.5. The van der Waals surface area contributed by atoms with Gasteiger partial charge in [-0.25, -0.2) is 0 Å². The molecule has 2 fully saturated rings. The van der Waals surface area contributed by atoms with Gasteiger partial charge in [0.25, 0.3) is 0 Å². The van der Waals surface area contributed by atoms with Gasteiger partial charge < -0.3 is 19.5 Å². The lowest BCUT2D eigenvalue weighted by atomic mass is 9.68. The maximum atomic E-state index is 13.5. The van der Waals surface area contributed by atoms with E-state index >= 15 is 0 Å². The number of fused-ring (bicyclic) bond motifs is 1. The second-order valence-electron chi connectivity index (χ2n) is 11.1. The van der Waals surface area contributed by atoms with Crippen molar-refractivity contribution in [3.05, 3.63) is 82.1 Å². The first-order valence-electron chi connectivity index (χ1n) is 13.5. The largest absolute Gasteiger partial charge is 0.416 e. The molecule has 0 radical (unpaired) electrons. The highest BCUT2D eigenvalue weighted by molar-refractivity contribution is 5.92. The molecule has 1 saturated heterocycles. The molecule has 2 aromatic carbocycles. The number of carbonyl (C=O) groups is 1. The van der Waals surface area contributed by atoms with Crippen molar-refractivity contribution in [3.63, 3.8) is 0 Å². The lowest BCUT2D eigenvalue weighted by Gasteiger charge is -2.42. The van der Waals surface area contributed by atoms with Gasteiger partial charge >= 0.3 is 12.4 Å². The van der Waals surface area contributed by atoms with E-state index in [4.69, 9.17) is 9.47 Å². The van der Waals surface area contributed by atoms with Crippen molar-refractivity contribution in [1.82, 2.24) is 4.90 Å². The predicted molar refractivity (Wildman–Crippen MR) is 136 cm³/mol. The number of aryl methyl sites for hydroxylation is 1. The maximum Gasteiger partial charge on any atom is 0.416 e. The summed E-state index contributed by atoms with van der Waals surface area (Å²) in [7, 11) is 0. The molecule has 5 nitrogen and oxygen atoms in total. The van der Waals surface area contributed by atoms with Crippen LogP contribution in [0.1, 0.15) is 59.6 Å². The Bertz CT molecular complexity index is 1290. The number of rotatable bonds is 5. The molecule has 1 aliphatic carbocycles. The highest BCUT2D eigenvalue weighted by Gasteiger charge is 2.52. The second kappa shape index (κ2) is 11.1. The van der Waals surface area contributed by atoms with Crippen LogP contribution in [-0.4, -0.2) is 47.9 Å². The Morgan fingerprint density at radius 1 is 1.00 bits per heavy atom. The van der Waals surface area contributed by atoms with Crippen LogP contribution in [0.3, 0.4) is 0 Å². The Balaban J connectivity index is 1.49. The molecule has 222 valence electrons. The van der Waals surface area contributed by atoms with Crippen LogP contribution in [0.25, 0.3) is 0 Å². The lowest BCUT2D eigenvalue weighted by Crippen LogP contribution is -2.43. The summed E-state index contributed by atoms with van der Waals surface area (Å²) in [4.78, 5) is 13.8. The fraction of sp³-hybridized carbons (Fsp3) is 0.500. The van der Waals surface area contributed by atoms with Gasteiger partial charge in [-0.2, -0.15) is 26.3 Å². The number of aliphatic hydroxyl groups excluding tert-OH is 1. The molecule has 1 unspecified atom stereocenters. The normalized spacial score (nSPS) is 27.9. The molecular formula is C30H31F6NO4. The molecule has 0 amide bonds. The fourth-order valence-corrected chi connectivity index (χ4v) is 6.56. The summed E-state index contributed by atoms with van der Waals surface area (Å²) in [6, 6.07) is 9.06. The number of halogens is 6. The predicted octanol–water partition coefficient (Wildman–Crippen LogP) is 6.41. The molecule has 2 aliphatic heterocycles. The van der Waals surface area contributed by atoms with Gasteiger partial charge in [0.15, 0.2) is 5.78 Å². The van der Waals surface area contributed by atoms with E-state index in [0.717, 1.165) is 11.1 Å². The molecule has 41 heavy (non-hydrogen) atoms. The molecule has 0 aromatic heterocycles. The number of ether oxygens (including phenoxy) is 2. The van der Waals surface area contributed by atoms with Crippen molar-refractivity contribution >= 4 is 5.78 Å². The number of hydrogen-bond donors (Lipinski definition) is 1. The third-order valence-corrected chi connectivity index (χ3v) is 8.47. The third kappa shape index (κ3) is 6.03. The quantitative estimate of drug-likeness (QED) is 0.413. The average molecular weight is 584 g/mol. The molecule has 11 heteroatoms. The van der Waals surface area contributed by atoms with Crippen LogP contribution < -0.4 is 0 Å². The van der Waals surface area contributed by atoms with E-state index in [-0.39, 0.29) is 42.5 Å². The van der Waals surface area contributed by atoms with E-state index in [1.165, 1.54) is 13.0 Å². The number of aliphatic hydroxyl groups is 1. The zero-order valence-electron chi connectivity index (χ0n) is 22.5. The first-order valence-corrected chi connectivity index (χ1v) is 13.5. The summed E-state index contributed by atoms with van der Waals surface area (Å²) in [5, 5.41) is 11.6. The van der Waals surface area contributed by atoms with Crippen LogP contribution in [0, 0.1) is 18.8 Å². The molecule has 2 aromatic rings. The summed E-state index contributed by atoms with van der Waals surface area (Å²) in [6.45, 7) is 4.01. The van der Waals surface area contributed by atoms with Crippen molar-refractivity contribution in [1.29, 1.82) is 0 Å². The molecule has 2 heterocycles. The minimum absolute atomic E-state index is 0.0214. The molecule has 5 rings (SSSR count). The van der Waals surface area contributed by atoms with Crippen molar-refractivity contribution in [2.24, 2.45) is 11.8 Å². The Morgan fingerprint density at radius 3 is 2.27 bits per heavy atom. The van der Waals surface area contributed by atoms with Gasteiger partial charge in [-0.3, -0.25) is 4.79 Å². The average Bonchev–Trinajstić information content (AvgIpc) is 3.24. The van der Waals surface area contributed by atoms with E-state index in [0.29, 0.717) is 37.2 Å². The van der Waals surface area contributed by atoms with E-state index < -0.39 is 47.8 Å². The van der Waals surface area contributed by atoms with Crippen LogP contribution in [-0.2, 0) is 26.6 Å². The van der Waals surface area contributed by atoms with E-state index in [2.05, 4.69) is 0 Å². The molecule has 1 N–H and O–H groups in total. The van der Waals surface area contributed by atoms with Gasteiger partial charge in [-0.15, -0.1) is 0 Å². The monoisotopic (exact) mass is 583 g/mol. The molecule has 0 bridgehead atoms. The molecular weight excluding hydrogens is 552 g/mol. The Hall–Kier alpha value is -2.89. The first kappa shape index (κ1) is 29.6.